The molecule has 75 heavy (non-hydrogen) atoms. The van der Waals surface area contributed by atoms with E-state index in [2.05, 4.69) is 295 Å². The van der Waals surface area contributed by atoms with Crippen molar-refractivity contribution in [1.82, 2.24) is 0 Å². The van der Waals surface area contributed by atoms with Crippen molar-refractivity contribution in [1.29, 1.82) is 0 Å². The Labute approximate surface area is 462 Å². The summed E-state index contributed by atoms with van der Waals surface area (Å²) < 4.78 is 0. The third kappa shape index (κ3) is 13.4. The molecule has 0 radical (unpaired) electrons. The van der Waals surface area contributed by atoms with Crippen LogP contribution in [0.2, 0.25) is 0 Å². The van der Waals surface area contributed by atoms with Gasteiger partial charge in [0.25, 0.3) is 0 Å². The zero-order valence-corrected chi connectivity index (χ0v) is 48.0. The van der Waals surface area contributed by atoms with E-state index in [1.54, 1.807) is 0 Å². The summed E-state index contributed by atoms with van der Waals surface area (Å²) in [5.74, 6) is 0. The van der Waals surface area contributed by atoms with Gasteiger partial charge < -0.3 is 38.5 Å². The number of benzene rings is 8. The van der Waals surface area contributed by atoms with Gasteiger partial charge in [0.1, 0.15) is 0 Å². The Morgan fingerprint density at radius 3 is 0.813 bits per heavy atom. The Hall–Kier alpha value is -5.38. The average Bonchev–Trinajstić information content (AvgIpc) is 4.09. The van der Waals surface area contributed by atoms with E-state index in [9.17, 15) is 10.2 Å². The maximum atomic E-state index is 9.88. The van der Waals surface area contributed by atoms with Gasteiger partial charge in [-0.2, -0.15) is 33.7 Å². The Kier molecular flexibility index (Phi) is 19.8. The molecule has 10 aromatic carbocycles. The Morgan fingerprint density at radius 2 is 0.573 bits per heavy atom. The molecule has 0 fully saturated rings. The Bertz CT molecular complexity index is 2660. The van der Waals surface area contributed by atoms with Gasteiger partial charge in [-0.05, 0) is 27.6 Å². The molecule has 10 rings (SSSR count). The van der Waals surface area contributed by atoms with Gasteiger partial charge in [-0.3, -0.25) is 0 Å². The average molecular weight is 1100 g/mol. The van der Waals surface area contributed by atoms with E-state index < -0.39 is 31.7 Å². The number of rotatable bonds is 18. The molecule has 7 heteroatoms. The van der Waals surface area contributed by atoms with Crippen molar-refractivity contribution in [2.45, 2.75) is 51.4 Å². The Balaban J connectivity index is 0.000000197. The second kappa shape index (κ2) is 26.6. The summed E-state index contributed by atoms with van der Waals surface area (Å²) in [7, 11) is -3.05. The molecule has 0 aliphatic heterocycles. The molecule has 0 amide bonds. The third-order valence-corrected chi connectivity index (χ3v) is 24.1. The first-order valence-corrected chi connectivity index (χ1v) is 31.0. The third-order valence-electron chi connectivity index (χ3n) is 13.8. The maximum Gasteiger partial charge on any atom is 0.0429 e. The Morgan fingerprint density at radius 1 is 0.347 bits per heavy atom. The first-order valence-electron chi connectivity index (χ1n) is 25.6. The van der Waals surface area contributed by atoms with E-state index in [0.717, 1.165) is 12.8 Å². The number of aliphatic hydroxyl groups excluding tert-OH is 2. The topological polar surface area (TPSA) is 40.5 Å². The fourth-order valence-corrected chi connectivity index (χ4v) is 20.3. The molecule has 0 aliphatic carbocycles. The summed E-state index contributed by atoms with van der Waals surface area (Å²) in [4.78, 5) is 0. The van der Waals surface area contributed by atoms with Gasteiger partial charge in [-0.1, -0.05) is 319 Å². The second-order valence-corrected chi connectivity index (χ2v) is 28.5. The molecule has 0 aliphatic rings. The SMILES string of the molecule is CC(C)(CCO)[c-]1[cH-][c-](P(c2ccccc2)c2ccccc2)[c-](P(c2ccccc2)c2ccccc2)[cH-]1.CC(C)(CCO)[c-]1cc(P(c2ccccc2)c2ccccc2)c(P(c2ccccc2)c2ccccc2)c1.[Fe]. The largest absolute Gasteiger partial charge is 0.738 e. The first-order chi connectivity index (χ1) is 36.2. The van der Waals surface area contributed by atoms with Crippen LogP contribution in [-0.2, 0) is 27.9 Å². The van der Waals surface area contributed by atoms with Crippen LogP contribution in [0.15, 0.2) is 267 Å². The van der Waals surface area contributed by atoms with Crippen LogP contribution in [0.5, 0.6) is 0 Å². The van der Waals surface area contributed by atoms with Crippen LogP contribution in [-0.4, -0.2) is 23.4 Å². The van der Waals surface area contributed by atoms with Gasteiger partial charge in [0.05, 0.1) is 0 Å². The van der Waals surface area contributed by atoms with Crippen LogP contribution in [0.3, 0.4) is 0 Å². The molecule has 384 valence electrons. The molecule has 0 spiro atoms. The van der Waals surface area contributed by atoms with Gasteiger partial charge in [0, 0.05) is 30.3 Å². The molecule has 0 saturated carbocycles. The minimum absolute atomic E-state index is 0. The van der Waals surface area contributed by atoms with Crippen molar-refractivity contribution in [3.63, 3.8) is 0 Å². The van der Waals surface area contributed by atoms with Crippen molar-refractivity contribution >= 4 is 95.3 Å². The zero-order chi connectivity index (χ0) is 51.3. The minimum atomic E-state index is -0.762. The van der Waals surface area contributed by atoms with Gasteiger partial charge in [-0.15, -0.1) is 0 Å². The van der Waals surface area contributed by atoms with Crippen molar-refractivity contribution in [2.24, 2.45) is 0 Å². The van der Waals surface area contributed by atoms with Crippen LogP contribution in [0, 0.1) is 0 Å². The van der Waals surface area contributed by atoms with E-state index in [-0.39, 0.29) is 41.1 Å². The molecule has 10 aromatic rings. The van der Waals surface area contributed by atoms with E-state index in [4.69, 9.17) is 0 Å². The van der Waals surface area contributed by atoms with Gasteiger partial charge in [-0.25, -0.2) is 15.8 Å². The van der Waals surface area contributed by atoms with Crippen LogP contribution in [0.1, 0.15) is 51.7 Å². The maximum absolute atomic E-state index is 9.88. The molecular weight excluding hydrogens is 1030 g/mol. The zero-order valence-electron chi connectivity index (χ0n) is 43.3. The van der Waals surface area contributed by atoms with Gasteiger partial charge >= 0.3 is 0 Å². The number of hydrogen-bond acceptors (Lipinski definition) is 2. The minimum Gasteiger partial charge on any atom is -0.738 e. The summed E-state index contributed by atoms with van der Waals surface area (Å²) in [5, 5.41) is 36.3. The first kappa shape index (κ1) is 55.8. The summed E-state index contributed by atoms with van der Waals surface area (Å²) in [6.45, 7) is 9.39. The summed E-state index contributed by atoms with van der Waals surface area (Å²) in [5.41, 5.74) is 2.38. The molecule has 0 atom stereocenters. The predicted octanol–water partition coefficient (Wildman–Crippen LogP) is 11.2. The van der Waals surface area contributed by atoms with Crippen LogP contribution in [0.25, 0.3) is 0 Å². The standard InChI is InChI=1S/2C34H33OP2.Fe/c2*1-34(2,23-24-35)27-25-32(36(28-15-7-3-8-16-28)29-17-9-4-10-18-29)33(26-27)37(30-19-11-5-12-20-30)31-21-13-6-14-22-31;/h2*3-22,25-26,35H,23-24H2,1-2H3;/q-5;-1;. The summed E-state index contributed by atoms with van der Waals surface area (Å²) in [6, 6.07) is 97.6. The van der Waals surface area contributed by atoms with Crippen molar-refractivity contribution in [3.8, 4) is 0 Å². The van der Waals surface area contributed by atoms with Crippen LogP contribution < -0.4 is 63.7 Å². The van der Waals surface area contributed by atoms with E-state index in [1.807, 2.05) is 0 Å². The normalized spacial score (nSPS) is 11.7. The fraction of sp³-hybridized carbons (Fsp3) is 0.147. The van der Waals surface area contributed by atoms with Gasteiger partial charge in [0.15, 0.2) is 0 Å². The smallest absolute Gasteiger partial charge is 0.0429 e. The van der Waals surface area contributed by atoms with Crippen molar-refractivity contribution < 1.29 is 27.3 Å². The molecular formula is C68H66FeO2P4-6. The monoisotopic (exact) mass is 1090 g/mol. The molecule has 0 bridgehead atoms. The van der Waals surface area contributed by atoms with Crippen molar-refractivity contribution in [3.05, 3.63) is 278 Å². The molecule has 0 aromatic heterocycles. The van der Waals surface area contributed by atoms with Crippen LogP contribution >= 0.6 is 31.7 Å². The molecule has 0 heterocycles. The van der Waals surface area contributed by atoms with Crippen LogP contribution in [0.4, 0.5) is 0 Å². The fourth-order valence-electron chi connectivity index (χ4n) is 9.64. The molecule has 2 N–H and O–H groups in total. The second-order valence-electron chi connectivity index (χ2n) is 19.8. The van der Waals surface area contributed by atoms with Crippen molar-refractivity contribution in [2.75, 3.05) is 13.2 Å². The van der Waals surface area contributed by atoms with E-state index >= 15 is 0 Å². The quantitative estimate of drug-likeness (QED) is 0.0511. The molecule has 0 unspecified atom stereocenters. The summed E-state index contributed by atoms with van der Waals surface area (Å²) >= 11 is 0. The van der Waals surface area contributed by atoms with E-state index in [0.29, 0.717) is 0 Å². The number of aliphatic hydroxyl groups is 2. The van der Waals surface area contributed by atoms with Gasteiger partial charge in [0.2, 0.25) is 0 Å². The molecule has 2 nitrogen and oxygen atoms in total. The molecule has 0 saturated heterocycles. The predicted molar refractivity (Wildman–Crippen MR) is 328 cm³/mol. The summed E-state index contributed by atoms with van der Waals surface area (Å²) in [6.07, 6.45) is 1.47. The number of hydrogen-bond donors (Lipinski definition) is 2. The van der Waals surface area contributed by atoms with E-state index in [1.165, 1.54) is 74.8 Å².